The fourth-order valence-corrected chi connectivity index (χ4v) is 4.45. The zero-order valence-corrected chi connectivity index (χ0v) is 16.3. The third kappa shape index (κ3) is 2.83. The van der Waals surface area contributed by atoms with Gasteiger partial charge in [-0.2, -0.15) is 0 Å². The number of epoxide rings is 1. The maximum absolute atomic E-state index is 12.1. The van der Waals surface area contributed by atoms with Crippen molar-refractivity contribution in [3.8, 4) is 0 Å². The Morgan fingerprint density at radius 3 is 2.39 bits per heavy atom. The predicted octanol–water partition coefficient (Wildman–Crippen LogP) is 3.44. The molecule has 0 aromatic rings. The van der Waals surface area contributed by atoms with Crippen molar-refractivity contribution in [2.75, 3.05) is 13.2 Å². The lowest BCUT2D eigenvalue weighted by Crippen LogP contribution is -2.64. The highest BCUT2D eigenvalue weighted by molar-refractivity contribution is 6.74. The van der Waals surface area contributed by atoms with Crippen molar-refractivity contribution in [3.63, 3.8) is 0 Å². The lowest BCUT2D eigenvalue weighted by molar-refractivity contribution is -0.0215. The first-order valence-corrected chi connectivity index (χ1v) is 11.7. The summed E-state index contributed by atoms with van der Waals surface area (Å²) in [6, 6.07) is 0. The summed E-state index contributed by atoms with van der Waals surface area (Å²) in [5, 5.41) is 3.29. The van der Waals surface area contributed by atoms with Crippen LogP contribution in [-0.4, -0.2) is 44.9 Å². The molecule has 0 spiro atoms. The van der Waals surface area contributed by atoms with E-state index in [1.807, 2.05) is 6.92 Å². The van der Waals surface area contributed by atoms with E-state index in [1.54, 1.807) is 0 Å². The molecule has 5 nitrogen and oxygen atoms in total. The molecule has 3 atom stereocenters. The van der Waals surface area contributed by atoms with Crippen molar-refractivity contribution in [3.05, 3.63) is 0 Å². The molecule has 3 aliphatic rings. The molecule has 1 saturated carbocycles. The fraction of sp³-hybridized carbons (Fsp3) is 0.941. The number of ether oxygens (including phenoxy) is 2. The topological polar surface area (TPSA) is 60.1 Å². The van der Waals surface area contributed by atoms with Gasteiger partial charge in [0, 0.05) is 0 Å². The van der Waals surface area contributed by atoms with Crippen LogP contribution in [0.1, 0.15) is 47.0 Å². The summed E-state index contributed by atoms with van der Waals surface area (Å²) in [7, 11) is -1.89. The van der Waals surface area contributed by atoms with E-state index < -0.39 is 13.9 Å². The molecule has 2 heterocycles. The number of hydrogen-bond acceptors (Lipinski definition) is 4. The van der Waals surface area contributed by atoms with Gasteiger partial charge in [-0.25, -0.2) is 4.79 Å². The summed E-state index contributed by atoms with van der Waals surface area (Å²) in [5.74, 6) is 0.421. The SMILES string of the molecule is CC(C)(C)[Si](C)(C)OC[C@@]1(C2CCC2)NC(=O)O[C@H]1[C@]1(C)CO1. The second-order valence-electron chi connectivity index (χ2n) is 9.23. The summed E-state index contributed by atoms with van der Waals surface area (Å²) in [6.07, 6.45) is 2.89. The molecule has 0 aromatic carbocycles. The van der Waals surface area contributed by atoms with E-state index in [-0.39, 0.29) is 22.8 Å². The van der Waals surface area contributed by atoms with E-state index in [2.05, 4.69) is 39.2 Å². The van der Waals surface area contributed by atoms with Crippen LogP contribution in [0.15, 0.2) is 0 Å². The van der Waals surface area contributed by atoms with Gasteiger partial charge in [-0.1, -0.05) is 27.2 Å². The van der Waals surface area contributed by atoms with E-state index >= 15 is 0 Å². The van der Waals surface area contributed by atoms with Crippen molar-refractivity contribution >= 4 is 14.4 Å². The summed E-state index contributed by atoms with van der Waals surface area (Å²) >= 11 is 0. The van der Waals surface area contributed by atoms with E-state index in [0.717, 1.165) is 12.8 Å². The highest BCUT2D eigenvalue weighted by Gasteiger charge is 2.66. The Bertz CT molecular complexity index is 493. The molecule has 0 aromatic heterocycles. The molecule has 1 N–H and O–H groups in total. The largest absolute Gasteiger partial charge is 0.440 e. The first-order valence-electron chi connectivity index (χ1n) is 8.77. The van der Waals surface area contributed by atoms with Gasteiger partial charge in [0.05, 0.1) is 13.2 Å². The standard InChI is InChI=1S/C17H31NO4Si/c1-15(2,3)23(5,6)21-11-17(12-8-7-9-12)13(16(4)10-20-16)22-14(19)18-17/h12-13H,7-11H2,1-6H3,(H,18,19)/t13-,16-,17-/m0/s1. The number of nitrogens with one attached hydrogen (secondary N) is 1. The Labute approximate surface area is 140 Å². The summed E-state index contributed by atoms with van der Waals surface area (Å²) < 4.78 is 17.8. The maximum Gasteiger partial charge on any atom is 0.408 e. The molecule has 132 valence electrons. The van der Waals surface area contributed by atoms with Gasteiger partial charge in [0.2, 0.25) is 0 Å². The number of carbonyl (C=O) groups excluding carboxylic acids is 1. The van der Waals surface area contributed by atoms with E-state index in [4.69, 9.17) is 13.9 Å². The lowest BCUT2D eigenvalue weighted by atomic mass is 9.66. The Hall–Kier alpha value is -0.593. The number of rotatable bonds is 5. The summed E-state index contributed by atoms with van der Waals surface area (Å²) in [6.45, 7) is 14.4. The van der Waals surface area contributed by atoms with E-state index in [9.17, 15) is 4.79 Å². The summed E-state index contributed by atoms with van der Waals surface area (Å²) in [4.78, 5) is 12.1. The highest BCUT2D eigenvalue weighted by Crippen LogP contribution is 2.49. The van der Waals surface area contributed by atoms with Crippen molar-refractivity contribution in [2.45, 2.75) is 82.3 Å². The highest BCUT2D eigenvalue weighted by atomic mass is 28.4. The van der Waals surface area contributed by atoms with E-state index in [0.29, 0.717) is 19.1 Å². The van der Waals surface area contributed by atoms with Gasteiger partial charge in [-0.05, 0) is 43.8 Å². The Balaban J connectivity index is 1.84. The first-order chi connectivity index (χ1) is 10.5. The molecule has 2 saturated heterocycles. The molecule has 0 radical (unpaired) electrons. The Morgan fingerprint density at radius 2 is 1.96 bits per heavy atom. The van der Waals surface area contributed by atoms with Crippen molar-refractivity contribution in [1.29, 1.82) is 0 Å². The Kier molecular flexibility index (Phi) is 3.90. The van der Waals surface area contributed by atoms with Crippen molar-refractivity contribution in [1.82, 2.24) is 5.32 Å². The zero-order valence-electron chi connectivity index (χ0n) is 15.3. The van der Waals surface area contributed by atoms with Gasteiger partial charge in [0.1, 0.15) is 11.1 Å². The van der Waals surface area contributed by atoms with Crippen LogP contribution in [0.2, 0.25) is 18.1 Å². The van der Waals surface area contributed by atoms with Crippen LogP contribution in [0.3, 0.4) is 0 Å². The molecule has 3 rings (SSSR count). The molecule has 0 unspecified atom stereocenters. The molecule has 1 aliphatic carbocycles. The second-order valence-corrected chi connectivity index (χ2v) is 14.0. The van der Waals surface area contributed by atoms with Crippen LogP contribution in [0.5, 0.6) is 0 Å². The number of cyclic esters (lactones) is 1. The minimum atomic E-state index is -1.89. The van der Waals surface area contributed by atoms with Gasteiger partial charge in [0.25, 0.3) is 0 Å². The van der Waals surface area contributed by atoms with Crippen LogP contribution in [0, 0.1) is 5.92 Å². The van der Waals surface area contributed by atoms with E-state index in [1.165, 1.54) is 6.42 Å². The van der Waals surface area contributed by atoms with Gasteiger partial charge < -0.3 is 19.2 Å². The van der Waals surface area contributed by atoms with Crippen molar-refractivity contribution < 1.29 is 18.7 Å². The normalized spacial score (nSPS) is 38.0. The average Bonchev–Trinajstić information content (AvgIpc) is 2.99. The maximum atomic E-state index is 12.1. The number of amides is 1. The fourth-order valence-electron chi connectivity index (χ4n) is 3.42. The molecule has 23 heavy (non-hydrogen) atoms. The number of hydrogen-bond donors (Lipinski definition) is 1. The van der Waals surface area contributed by atoms with Crippen LogP contribution in [0.25, 0.3) is 0 Å². The molecular formula is C17H31NO4Si. The third-order valence-corrected chi connectivity index (χ3v) is 11.0. The molecule has 1 amide bonds. The molecule has 2 aliphatic heterocycles. The minimum Gasteiger partial charge on any atom is -0.440 e. The monoisotopic (exact) mass is 341 g/mol. The molecular weight excluding hydrogens is 310 g/mol. The van der Waals surface area contributed by atoms with Crippen molar-refractivity contribution in [2.24, 2.45) is 5.92 Å². The van der Waals surface area contributed by atoms with Gasteiger partial charge in [-0.3, -0.25) is 0 Å². The number of alkyl carbamates (subject to hydrolysis) is 1. The van der Waals surface area contributed by atoms with Gasteiger partial charge in [-0.15, -0.1) is 0 Å². The predicted molar refractivity (Wildman–Crippen MR) is 91.0 cm³/mol. The first kappa shape index (κ1) is 17.2. The van der Waals surface area contributed by atoms with Crippen LogP contribution in [0.4, 0.5) is 4.79 Å². The summed E-state index contributed by atoms with van der Waals surface area (Å²) in [5.41, 5.74) is -0.790. The lowest BCUT2D eigenvalue weighted by Gasteiger charge is -2.47. The molecule has 0 bridgehead atoms. The smallest absolute Gasteiger partial charge is 0.408 e. The Morgan fingerprint density at radius 1 is 1.35 bits per heavy atom. The minimum absolute atomic E-state index is 0.146. The van der Waals surface area contributed by atoms with Gasteiger partial charge >= 0.3 is 6.09 Å². The van der Waals surface area contributed by atoms with Crippen LogP contribution < -0.4 is 5.32 Å². The second kappa shape index (κ2) is 5.20. The third-order valence-electron chi connectivity index (χ3n) is 6.49. The number of carbonyl (C=O) groups is 1. The van der Waals surface area contributed by atoms with Gasteiger partial charge in [0.15, 0.2) is 14.4 Å². The molecule has 3 fully saturated rings. The molecule has 6 heteroatoms. The quantitative estimate of drug-likeness (QED) is 0.615. The van der Waals surface area contributed by atoms with Crippen LogP contribution in [-0.2, 0) is 13.9 Å². The zero-order chi connectivity index (χ0) is 17.1. The van der Waals surface area contributed by atoms with Crippen LogP contribution >= 0.6 is 0 Å². The average molecular weight is 342 g/mol.